The summed E-state index contributed by atoms with van der Waals surface area (Å²) in [6.45, 7) is 1.95. The number of aliphatic imine (C=N–C) groups is 1. The highest BCUT2D eigenvalue weighted by Gasteiger charge is 2.31. The molecule has 1 heterocycles. The average molecular weight is 548 g/mol. The van der Waals surface area contributed by atoms with Gasteiger partial charge in [-0.3, -0.25) is 9.79 Å². The Hall–Kier alpha value is -3.14. The van der Waals surface area contributed by atoms with Gasteiger partial charge in [0.05, 0.1) is 22.5 Å². The van der Waals surface area contributed by atoms with Crippen LogP contribution in [-0.4, -0.2) is 15.9 Å². The molecule has 8 heteroatoms. The van der Waals surface area contributed by atoms with Gasteiger partial charge in [-0.1, -0.05) is 24.3 Å². The summed E-state index contributed by atoms with van der Waals surface area (Å²) in [5.74, 6) is -0.487. The molecule has 1 aromatic heterocycles. The summed E-state index contributed by atoms with van der Waals surface area (Å²) in [6, 6.07) is 16.5. The minimum absolute atomic E-state index is 0.0900. The van der Waals surface area contributed by atoms with E-state index in [-0.39, 0.29) is 16.6 Å². The second kappa shape index (κ2) is 8.42. The van der Waals surface area contributed by atoms with E-state index in [9.17, 15) is 23.1 Å². The molecule has 0 bridgehead atoms. The first-order valence-electron chi connectivity index (χ1n) is 9.51. The Morgan fingerprint density at radius 1 is 1.00 bits per heavy atom. The number of aryl methyl sites for hydroxylation is 1. The number of rotatable bonds is 3. The third-order valence-electron chi connectivity index (χ3n) is 5.02. The zero-order valence-corrected chi connectivity index (χ0v) is 18.8. The highest BCUT2D eigenvalue weighted by atomic mass is 127. The summed E-state index contributed by atoms with van der Waals surface area (Å²) in [4.78, 5) is 17.5. The molecule has 0 spiro atoms. The number of halogens is 4. The standard InChI is InChI=1S/C24H16F3IN2O2/c1-14-11-16(9-10-21(14)28)29-13-20-18-7-2-3-8-19(18)22(31)30(23(20)32)17-6-4-5-15(12-17)24(25,26)27/h2-13,32H,1H3. The molecule has 0 atom stereocenters. The topological polar surface area (TPSA) is 54.6 Å². The summed E-state index contributed by atoms with van der Waals surface area (Å²) in [7, 11) is 0. The van der Waals surface area contributed by atoms with Crippen molar-refractivity contribution in [3.05, 3.63) is 97.3 Å². The van der Waals surface area contributed by atoms with E-state index < -0.39 is 23.2 Å². The molecule has 0 aliphatic heterocycles. The number of aromatic hydroxyl groups is 1. The zero-order chi connectivity index (χ0) is 23.0. The van der Waals surface area contributed by atoms with Gasteiger partial charge in [0.1, 0.15) is 0 Å². The van der Waals surface area contributed by atoms with Crippen LogP contribution in [-0.2, 0) is 6.18 Å². The molecular formula is C24H16F3IN2O2. The molecule has 0 aliphatic rings. The van der Waals surface area contributed by atoms with Crippen LogP contribution in [0.3, 0.4) is 0 Å². The normalized spacial score (nSPS) is 12.0. The molecule has 0 fully saturated rings. The van der Waals surface area contributed by atoms with Gasteiger partial charge in [-0.15, -0.1) is 0 Å². The molecule has 4 nitrogen and oxygen atoms in total. The van der Waals surface area contributed by atoms with Crippen molar-refractivity contribution in [3.63, 3.8) is 0 Å². The van der Waals surface area contributed by atoms with Gasteiger partial charge >= 0.3 is 6.18 Å². The van der Waals surface area contributed by atoms with E-state index >= 15 is 0 Å². The Kier molecular flexibility index (Phi) is 5.81. The van der Waals surface area contributed by atoms with Crippen LogP contribution in [0.5, 0.6) is 5.88 Å². The Morgan fingerprint density at radius 2 is 1.72 bits per heavy atom. The number of benzene rings is 3. The monoisotopic (exact) mass is 548 g/mol. The van der Waals surface area contributed by atoms with E-state index in [0.717, 1.165) is 25.8 Å². The first-order valence-corrected chi connectivity index (χ1v) is 10.6. The van der Waals surface area contributed by atoms with E-state index in [4.69, 9.17) is 0 Å². The fourth-order valence-corrected chi connectivity index (χ4v) is 3.73. The predicted octanol–water partition coefficient (Wildman–Crippen LogP) is 6.38. The Bertz CT molecular complexity index is 1430. The second-order valence-corrected chi connectivity index (χ2v) is 8.33. The van der Waals surface area contributed by atoms with Crippen molar-refractivity contribution in [2.24, 2.45) is 4.99 Å². The lowest BCUT2D eigenvalue weighted by Crippen LogP contribution is -2.20. The number of nitrogens with zero attached hydrogens (tertiary/aromatic N) is 2. The Balaban J connectivity index is 1.96. The first-order chi connectivity index (χ1) is 15.2. The molecule has 0 saturated carbocycles. The van der Waals surface area contributed by atoms with Crippen molar-refractivity contribution in [2.45, 2.75) is 13.1 Å². The third-order valence-corrected chi connectivity index (χ3v) is 6.23. The number of hydrogen-bond donors (Lipinski definition) is 1. The van der Waals surface area contributed by atoms with Gasteiger partial charge in [0.2, 0.25) is 5.88 Å². The van der Waals surface area contributed by atoms with Gasteiger partial charge < -0.3 is 5.11 Å². The molecule has 1 N–H and O–H groups in total. The van der Waals surface area contributed by atoms with Crippen LogP contribution in [0.15, 0.2) is 76.5 Å². The molecule has 4 aromatic rings. The lowest BCUT2D eigenvalue weighted by Gasteiger charge is -2.15. The molecule has 0 saturated heterocycles. The van der Waals surface area contributed by atoms with Crippen LogP contribution in [0.4, 0.5) is 18.9 Å². The van der Waals surface area contributed by atoms with Crippen molar-refractivity contribution < 1.29 is 18.3 Å². The van der Waals surface area contributed by atoms with Crippen LogP contribution < -0.4 is 5.56 Å². The number of fused-ring (bicyclic) bond motifs is 1. The minimum atomic E-state index is -4.58. The molecule has 0 unspecified atom stereocenters. The van der Waals surface area contributed by atoms with Crippen molar-refractivity contribution >= 4 is 45.3 Å². The molecule has 0 aliphatic carbocycles. The summed E-state index contributed by atoms with van der Waals surface area (Å²) >= 11 is 2.21. The molecule has 162 valence electrons. The summed E-state index contributed by atoms with van der Waals surface area (Å²) in [6.07, 6.45) is -3.16. The van der Waals surface area contributed by atoms with Crippen LogP contribution in [0.1, 0.15) is 16.7 Å². The van der Waals surface area contributed by atoms with Crippen molar-refractivity contribution in [2.75, 3.05) is 0 Å². The average Bonchev–Trinajstić information content (AvgIpc) is 2.76. The molecule has 0 amide bonds. The molecular weight excluding hydrogens is 532 g/mol. The van der Waals surface area contributed by atoms with Crippen molar-refractivity contribution in [1.82, 2.24) is 4.57 Å². The summed E-state index contributed by atoms with van der Waals surface area (Å²) in [5.41, 5.74) is 0.270. The van der Waals surface area contributed by atoms with Gasteiger partial charge in [0.25, 0.3) is 5.56 Å². The lowest BCUT2D eigenvalue weighted by molar-refractivity contribution is -0.137. The maximum Gasteiger partial charge on any atom is 0.416 e. The Labute approximate surface area is 194 Å². The molecule has 0 radical (unpaired) electrons. The van der Waals surface area contributed by atoms with E-state index in [2.05, 4.69) is 27.6 Å². The maximum atomic E-state index is 13.2. The van der Waals surface area contributed by atoms with Gasteiger partial charge in [0, 0.05) is 20.6 Å². The predicted molar refractivity (Wildman–Crippen MR) is 127 cm³/mol. The summed E-state index contributed by atoms with van der Waals surface area (Å²) in [5, 5.41) is 11.7. The van der Waals surface area contributed by atoms with E-state index in [0.29, 0.717) is 11.1 Å². The molecule has 4 rings (SSSR count). The van der Waals surface area contributed by atoms with Crippen LogP contribution >= 0.6 is 22.6 Å². The molecule has 32 heavy (non-hydrogen) atoms. The minimum Gasteiger partial charge on any atom is -0.494 e. The van der Waals surface area contributed by atoms with E-state index in [1.165, 1.54) is 18.3 Å². The third kappa shape index (κ3) is 4.14. The zero-order valence-electron chi connectivity index (χ0n) is 16.7. The highest BCUT2D eigenvalue weighted by Crippen LogP contribution is 2.32. The Morgan fingerprint density at radius 3 is 2.41 bits per heavy atom. The van der Waals surface area contributed by atoms with Crippen LogP contribution in [0.2, 0.25) is 0 Å². The lowest BCUT2D eigenvalue weighted by atomic mass is 10.1. The summed E-state index contributed by atoms with van der Waals surface area (Å²) < 4.78 is 41.6. The SMILES string of the molecule is Cc1cc(N=Cc2c(O)n(-c3cccc(C(F)(F)F)c3)c(=O)c3ccccc23)ccc1I. The fraction of sp³-hybridized carbons (Fsp3) is 0.0833. The van der Waals surface area contributed by atoms with Crippen LogP contribution in [0, 0.1) is 10.5 Å². The number of pyridine rings is 1. The van der Waals surface area contributed by atoms with E-state index in [1.54, 1.807) is 24.3 Å². The second-order valence-electron chi connectivity index (χ2n) is 7.16. The fourth-order valence-electron chi connectivity index (χ4n) is 3.40. The smallest absolute Gasteiger partial charge is 0.416 e. The number of hydrogen-bond acceptors (Lipinski definition) is 3. The number of aromatic nitrogens is 1. The maximum absolute atomic E-state index is 13.2. The first kappa shape index (κ1) is 22.1. The molecule has 3 aromatic carbocycles. The van der Waals surface area contributed by atoms with Gasteiger partial charge in [-0.05, 0) is 77.5 Å². The number of alkyl halides is 3. The highest BCUT2D eigenvalue weighted by molar-refractivity contribution is 14.1. The van der Waals surface area contributed by atoms with Gasteiger partial charge in [-0.2, -0.15) is 13.2 Å². The van der Waals surface area contributed by atoms with Gasteiger partial charge in [0.15, 0.2) is 0 Å². The van der Waals surface area contributed by atoms with Crippen molar-refractivity contribution in [3.8, 4) is 11.6 Å². The quantitative estimate of drug-likeness (QED) is 0.239. The van der Waals surface area contributed by atoms with E-state index in [1.807, 2.05) is 25.1 Å². The largest absolute Gasteiger partial charge is 0.494 e. The van der Waals surface area contributed by atoms with Gasteiger partial charge in [-0.25, -0.2) is 4.57 Å². The van der Waals surface area contributed by atoms with Crippen molar-refractivity contribution in [1.29, 1.82) is 0 Å². The van der Waals surface area contributed by atoms with Crippen LogP contribution in [0.25, 0.3) is 16.5 Å².